The van der Waals surface area contributed by atoms with E-state index in [-0.39, 0.29) is 23.4 Å². The fraction of sp³-hybridized carbons (Fsp3) is 0.167. The second kappa shape index (κ2) is 9.52. The number of benzene rings is 2. The van der Waals surface area contributed by atoms with E-state index in [1.165, 1.54) is 32.4 Å². The lowest BCUT2D eigenvalue weighted by atomic mass is 10.1. The summed E-state index contributed by atoms with van der Waals surface area (Å²) in [5.41, 5.74) is 0.397. The van der Waals surface area contributed by atoms with Crippen LogP contribution in [0.5, 0.6) is 5.75 Å². The molecule has 0 bridgehead atoms. The Kier molecular flexibility index (Phi) is 7.37. The van der Waals surface area contributed by atoms with Crippen LogP contribution in [-0.2, 0) is 14.3 Å². The number of amides is 1. The molecule has 0 fully saturated rings. The second-order valence-corrected chi connectivity index (χ2v) is 6.93. The third-order valence-electron chi connectivity index (χ3n) is 3.37. The molecule has 0 heterocycles. The Balaban J connectivity index is 2.16. The summed E-state index contributed by atoms with van der Waals surface area (Å²) in [5, 5.41) is 2.55. The van der Waals surface area contributed by atoms with Crippen LogP contribution < -0.4 is 10.1 Å². The zero-order valence-electron chi connectivity index (χ0n) is 14.4. The van der Waals surface area contributed by atoms with Crippen LogP contribution in [0, 0.1) is 0 Å². The maximum Gasteiger partial charge on any atom is 0.339 e. The highest BCUT2D eigenvalue weighted by atomic mass is 79.9. The molecule has 1 amide bonds. The second-order valence-electron chi connectivity index (χ2n) is 5.16. The standard InChI is InChI=1S/C18H15Br2NO6/c1-25-17(23)10-3-5-12(18(24)26-2)14(7-10)21-16(22)9-27-15-6-4-11(19)8-13(15)20/h3-8H,9H2,1-2H3,(H,21,22). The van der Waals surface area contributed by atoms with E-state index in [0.29, 0.717) is 10.2 Å². The normalized spacial score (nSPS) is 10.1. The summed E-state index contributed by atoms with van der Waals surface area (Å²) < 4.78 is 16.3. The molecule has 0 aliphatic rings. The first-order valence-electron chi connectivity index (χ1n) is 7.54. The van der Waals surface area contributed by atoms with Gasteiger partial charge >= 0.3 is 11.9 Å². The van der Waals surface area contributed by atoms with Crippen molar-refractivity contribution in [3.8, 4) is 5.75 Å². The van der Waals surface area contributed by atoms with Gasteiger partial charge in [-0.2, -0.15) is 0 Å². The zero-order chi connectivity index (χ0) is 20.0. The Morgan fingerprint density at radius 3 is 2.30 bits per heavy atom. The molecule has 0 spiro atoms. The van der Waals surface area contributed by atoms with Crippen LogP contribution in [0.4, 0.5) is 5.69 Å². The van der Waals surface area contributed by atoms with Crippen LogP contribution in [0.25, 0.3) is 0 Å². The van der Waals surface area contributed by atoms with Crippen molar-refractivity contribution in [2.75, 3.05) is 26.1 Å². The molecule has 0 saturated carbocycles. The molecule has 0 saturated heterocycles. The summed E-state index contributed by atoms with van der Waals surface area (Å²) >= 11 is 6.66. The Morgan fingerprint density at radius 2 is 1.67 bits per heavy atom. The van der Waals surface area contributed by atoms with E-state index < -0.39 is 17.8 Å². The average Bonchev–Trinajstić information content (AvgIpc) is 2.66. The number of rotatable bonds is 6. The Bertz CT molecular complexity index is 884. The van der Waals surface area contributed by atoms with Crippen LogP contribution in [0.2, 0.25) is 0 Å². The van der Waals surface area contributed by atoms with Crippen molar-refractivity contribution in [2.24, 2.45) is 0 Å². The predicted molar refractivity (Wildman–Crippen MR) is 105 cm³/mol. The van der Waals surface area contributed by atoms with Crippen molar-refractivity contribution in [3.63, 3.8) is 0 Å². The molecule has 0 aliphatic heterocycles. The summed E-state index contributed by atoms with van der Waals surface area (Å²) in [6, 6.07) is 9.36. The van der Waals surface area contributed by atoms with E-state index in [0.717, 1.165) is 4.47 Å². The number of halogens is 2. The molecule has 0 radical (unpaired) electrons. The van der Waals surface area contributed by atoms with Gasteiger partial charge in [-0.15, -0.1) is 0 Å². The highest BCUT2D eigenvalue weighted by Gasteiger charge is 2.17. The third-order valence-corrected chi connectivity index (χ3v) is 4.49. The summed E-state index contributed by atoms with van der Waals surface area (Å²) in [5.74, 6) is -1.29. The summed E-state index contributed by atoms with van der Waals surface area (Å²) in [7, 11) is 2.45. The van der Waals surface area contributed by atoms with Crippen LogP contribution in [-0.4, -0.2) is 38.7 Å². The van der Waals surface area contributed by atoms with Gasteiger partial charge in [0.15, 0.2) is 6.61 Å². The van der Waals surface area contributed by atoms with Crippen LogP contribution >= 0.6 is 31.9 Å². The number of carbonyl (C=O) groups excluding carboxylic acids is 3. The Hall–Kier alpha value is -2.39. The fourth-order valence-electron chi connectivity index (χ4n) is 2.10. The molecular weight excluding hydrogens is 486 g/mol. The maximum absolute atomic E-state index is 12.2. The highest BCUT2D eigenvalue weighted by Crippen LogP contribution is 2.28. The number of ether oxygens (including phenoxy) is 3. The number of hydrogen-bond acceptors (Lipinski definition) is 6. The third kappa shape index (κ3) is 5.54. The molecular formula is C18H15Br2NO6. The lowest BCUT2D eigenvalue weighted by Gasteiger charge is -2.12. The number of hydrogen-bond donors (Lipinski definition) is 1. The van der Waals surface area contributed by atoms with Crippen LogP contribution in [0.15, 0.2) is 45.3 Å². The molecule has 2 rings (SSSR count). The van der Waals surface area contributed by atoms with Crippen molar-refractivity contribution in [3.05, 3.63) is 56.5 Å². The van der Waals surface area contributed by atoms with Crippen molar-refractivity contribution in [2.45, 2.75) is 0 Å². The van der Waals surface area contributed by atoms with Crippen LogP contribution in [0.1, 0.15) is 20.7 Å². The van der Waals surface area contributed by atoms with E-state index in [1.807, 2.05) is 0 Å². The number of methoxy groups -OCH3 is 2. The first-order chi connectivity index (χ1) is 12.8. The smallest absolute Gasteiger partial charge is 0.339 e. The van der Waals surface area contributed by atoms with E-state index in [1.54, 1.807) is 18.2 Å². The number of carbonyl (C=O) groups is 3. The van der Waals surface area contributed by atoms with Gasteiger partial charge in [0.25, 0.3) is 5.91 Å². The number of nitrogens with one attached hydrogen (secondary N) is 1. The topological polar surface area (TPSA) is 90.9 Å². The average molecular weight is 501 g/mol. The van der Waals surface area contributed by atoms with Gasteiger partial charge < -0.3 is 19.5 Å². The number of anilines is 1. The summed E-state index contributed by atoms with van der Waals surface area (Å²) in [4.78, 5) is 35.8. The van der Waals surface area contributed by atoms with E-state index >= 15 is 0 Å². The molecule has 142 valence electrons. The van der Waals surface area contributed by atoms with Gasteiger partial charge in [0.1, 0.15) is 5.75 Å². The molecule has 0 aliphatic carbocycles. The highest BCUT2D eigenvalue weighted by molar-refractivity contribution is 9.11. The zero-order valence-corrected chi connectivity index (χ0v) is 17.5. The first-order valence-corrected chi connectivity index (χ1v) is 9.12. The van der Waals surface area contributed by atoms with Crippen molar-refractivity contribution in [1.29, 1.82) is 0 Å². The molecule has 0 atom stereocenters. The minimum Gasteiger partial charge on any atom is -0.483 e. The number of esters is 2. The molecule has 7 nitrogen and oxygen atoms in total. The Morgan fingerprint density at radius 1 is 0.963 bits per heavy atom. The van der Waals surface area contributed by atoms with Gasteiger partial charge in [0, 0.05) is 4.47 Å². The van der Waals surface area contributed by atoms with Crippen LogP contribution in [0.3, 0.4) is 0 Å². The van der Waals surface area contributed by atoms with Gasteiger partial charge in [0.2, 0.25) is 0 Å². The largest absolute Gasteiger partial charge is 0.483 e. The van der Waals surface area contributed by atoms with Crippen molar-refractivity contribution < 1.29 is 28.6 Å². The Labute approximate surface area is 172 Å². The fourth-order valence-corrected chi connectivity index (χ4v) is 3.26. The minimum atomic E-state index is -0.654. The van der Waals surface area contributed by atoms with E-state index in [9.17, 15) is 14.4 Å². The van der Waals surface area contributed by atoms with Gasteiger partial charge in [-0.1, -0.05) is 15.9 Å². The quantitative estimate of drug-likeness (QED) is 0.606. The molecule has 0 unspecified atom stereocenters. The molecule has 2 aromatic carbocycles. The monoisotopic (exact) mass is 499 g/mol. The van der Waals surface area contributed by atoms with Gasteiger partial charge in [-0.3, -0.25) is 4.79 Å². The maximum atomic E-state index is 12.2. The van der Waals surface area contributed by atoms with E-state index in [4.69, 9.17) is 9.47 Å². The van der Waals surface area contributed by atoms with Gasteiger partial charge in [0.05, 0.1) is 35.5 Å². The first kappa shape index (κ1) is 20.9. The minimum absolute atomic E-state index is 0.100. The predicted octanol–water partition coefficient (Wildman–Crippen LogP) is 3.80. The lowest BCUT2D eigenvalue weighted by molar-refractivity contribution is -0.118. The van der Waals surface area contributed by atoms with Gasteiger partial charge in [-0.25, -0.2) is 9.59 Å². The SMILES string of the molecule is COC(=O)c1ccc(C(=O)OC)c(NC(=O)COc2ccc(Br)cc2Br)c1. The van der Waals surface area contributed by atoms with Crippen molar-refractivity contribution >= 4 is 55.4 Å². The molecule has 27 heavy (non-hydrogen) atoms. The molecule has 1 N–H and O–H groups in total. The summed E-state index contributed by atoms with van der Waals surface area (Å²) in [6.45, 7) is -0.302. The molecule has 0 aromatic heterocycles. The van der Waals surface area contributed by atoms with Gasteiger partial charge in [-0.05, 0) is 52.3 Å². The lowest BCUT2D eigenvalue weighted by Crippen LogP contribution is -2.22. The molecule has 2 aromatic rings. The molecule has 9 heteroatoms. The van der Waals surface area contributed by atoms with Crippen molar-refractivity contribution in [1.82, 2.24) is 0 Å². The van der Waals surface area contributed by atoms with E-state index in [2.05, 4.69) is 41.9 Å². The summed E-state index contributed by atoms with van der Waals surface area (Å²) in [6.07, 6.45) is 0.